The third-order valence-corrected chi connectivity index (χ3v) is 14.8. The van der Waals surface area contributed by atoms with Crippen LogP contribution in [0.5, 0.6) is 0 Å². The average molecular weight is 1160 g/mol. The number of carbonyl (C=O) groups excluding carboxylic acids is 3. The van der Waals surface area contributed by atoms with Gasteiger partial charge in [-0.1, -0.05) is 26.8 Å². The van der Waals surface area contributed by atoms with E-state index in [2.05, 4.69) is 0 Å². The van der Waals surface area contributed by atoms with Crippen molar-refractivity contribution in [3.8, 4) is 11.3 Å². The maximum Gasteiger partial charge on any atom is 1.00 e. The number of allylic oxidation sites excluding steroid dienone is 3. The molecule has 27 heteroatoms. The Kier molecular flexibility index (Phi) is 27.8. The molecule has 1 saturated heterocycles. The van der Waals surface area contributed by atoms with Crippen LogP contribution in [0.15, 0.2) is 69.6 Å². The molecule has 3 heterocycles. The smallest absolute Gasteiger partial charge is 0.748 e. The van der Waals surface area contributed by atoms with Crippen molar-refractivity contribution in [3.63, 3.8) is 0 Å². The van der Waals surface area contributed by atoms with Crippen LogP contribution in [0.2, 0.25) is 0 Å². The molecule has 5 rings (SSSR count). The number of rotatable bonds is 31. The van der Waals surface area contributed by atoms with E-state index >= 15 is 0 Å². The molecule has 0 aromatic heterocycles. The Balaban J connectivity index is 0.00000780. The predicted octanol–water partition coefficient (Wildman–Crippen LogP) is -2.60. The molecule has 22 nitrogen and oxygen atoms in total. The van der Waals surface area contributed by atoms with Gasteiger partial charge in [-0.2, -0.15) is 0 Å². The average Bonchev–Trinajstić information content (AvgIpc) is 3.75. The second-order valence-electron chi connectivity index (χ2n) is 19.1. The van der Waals surface area contributed by atoms with Gasteiger partial charge in [0.1, 0.15) is 34.8 Å². The van der Waals surface area contributed by atoms with Crippen molar-refractivity contribution in [1.29, 1.82) is 0 Å². The van der Waals surface area contributed by atoms with Crippen LogP contribution in [0.3, 0.4) is 0 Å². The molecule has 1 atom stereocenters. The van der Waals surface area contributed by atoms with Gasteiger partial charge >= 0.3 is 65.1 Å². The molecular formula is C50H67N3Na2O19S3. The Hall–Kier alpha value is -2.93. The Labute approximate surface area is 495 Å². The van der Waals surface area contributed by atoms with Crippen molar-refractivity contribution < 1.29 is 145 Å². The second kappa shape index (κ2) is 31.3. The van der Waals surface area contributed by atoms with Crippen LogP contribution in [0.1, 0.15) is 89.5 Å². The molecule has 416 valence electrons. The van der Waals surface area contributed by atoms with Crippen molar-refractivity contribution >= 4 is 59.9 Å². The van der Waals surface area contributed by atoms with Crippen LogP contribution in [0.25, 0.3) is 17.4 Å². The van der Waals surface area contributed by atoms with Crippen LogP contribution >= 0.6 is 0 Å². The van der Waals surface area contributed by atoms with Crippen molar-refractivity contribution in [1.82, 2.24) is 9.64 Å². The summed E-state index contributed by atoms with van der Waals surface area (Å²) in [5.74, 6) is -2.58. The number of amides is 2. The quantitative estimate of drug-likeness (QED) is 0.0210. The number of ether oxygens (including phenoxy) is 5. The van der Waals surface area contributed by atoms with Gasteiger partial charge in [0.15, 0.2) is 6.54 Å². The summed E-state index contributed by atoms with van der Waals surface area (Å²) in [7, 11) is -12.5. The minimum Gasteiger partial charge on any atom is -0.748 e. The molecule has 0 saturated carbocycles. The van der Waals surface area contributed by atoms with E-state index in [0.717, 1.165) is 17.2 Å². The zero-order valence-corrected chi connectivity index (χ0v) is 51.4. The van der Waals surface area contributed by atoms with Crippen molar-refractivity contribution in [3.05, 3.63) is 82.6 Å². The van der Waals surface area contributed by atoms with Gasteiger partial charge in [-0.05, 0) is 85.2 Å². The Bertz CT molecular complexity index is 2910. The van der Waals surface area contributed by atoms with Crippen molar-refractivity contribution in [2.75, 3.05) is 103 Å². The van der Waals surface area contributed by atoms with Gasteiger partial charge in [0, 0.05) is 79.3 Å². The Morgan fingerprint density at radius 2 is 1.35 bits per heavy atom. The van der Waals surface area contributed by atoms with E-state index in [0.29, 0.717) is 91.7 Å². The third-order valence-electron chi connectivity index (χ3n) is 12.4. The molecule has 0 bridgehead atoms. The summed E-state index contributed by atoms with van der Waals surface area (Å²) in [5, 5.41) is 1.10. The van der Waals surface area contributed by atoms with Gasteiger partial charge in [-0.25, -0.2) is 34.6 Å². The predicted molar refractivity (Wildman–Crippen MR) is 270 cm³/mol. The van der Waals surface area contributed by atoms with E-state index in [1.807, 2.05) is 49.6 Å². The maximum atomic E-state index is 12.9. The number of benzene rings is 2. The number of hydrogen-bond acceptors (Lipinski definition) is 20. The van der Waals surface area contributed by atoms with Gasteiger partial charge in [0.2, 0.25) is 5.36 Å². The summed E-state index contributed by atoms with van der Waals surface area (Å²) < 4.78 is 143. The van der Waals surface area contributed by atoms with Crippen molar-refractivity contribution in [2.24, 2.45) is 0 Å². The molecule has 4 aliphatic rings. The van der Waals surface area contributed by atoms with Crippen LogP contribution in [-0.4, -0.2) is 159 Å². The molecule has 2 amide bonds. The summed E-state index contributed by atoms with van der Waals surface area (Å²) in [6.07, 6.45) is 4.72. The fourth-order valence-corrected chi connectivity index (χ4v) is 10.2. The van der Waals surface area contributed by atoms with Crippen LogP contribution in [0.4, 0.5) is 5.69 Å². The number of imide groups is 1. The number of methoxy groups -OCH3 is 1. The maximum absolute atomic E-state index is 12.9. The van der Waals surface area contributed by atoms with Crippen LogP contribution in [-0.2, 0) is 84.1 Å². The first kappa shape index (κ1) is 68.3. The number of anilines is 1. The number of hydrogen-bond donors (Lipinski definition) is 0. The first-order valence-electron chi connectivity index (χ1n) is 24.5. The normalized spacial score (nSPS) is 17.1. The van der Waals surface area contributed by atoms with E-state index in [1.54, 1.807) is 37.2 Å². The molecule has 0 N–H and O–H groups in total. The van der Waals surface area contributed by atoms with Crippen molar-refractivity contribution in [2.45, 2.75) is 88.4 Å². The zero-order chi connectivity index (χ0) is 55.0. The van der Waals surface area contributed by atoms with Gasteiger partial charge in [0.25, 0.3) is 11.8 Å². The van der Waals surface area contributed by atoms with Crippen LogP contribution < -0.4 is 73.9 Å². The van der Waals surface area contributed by atoms with E-state index in [4.69, 9.17) is 32.9 Å². The topological polar surface area (TPSA) is 301 Å². The molecule has 3 aliphatic heterocycles. The molecule has 77 heavy (non-hydrogen) atoms. The van der Waals surface area contributed by atoms with E-state index < -0.39 is 75.4 Å². The number of carbonyl (C=O) groups is 3. The molecular weight excluding hydrogens is 1090 g/mol. The fourth-order valence-electron chi connectivity index (χ4n) is 8.69. The monoisotopic (exact) mass is 1160 g/mol. The van der Waals surface area contributed by atoms with E-state index in [9.17, 15) is 53.3 Å². The molecule has 1 aliphatic carbocycles. The molecule has 1 aromatic rings. The number of hydroxylamine groups is 2. The summed E-state index contributed by atoms with van der Waals surface area (Å²) in [6, 6.07) is 11.3. The molecule has 1 aromatic carbocycles. The second-order valence-corrected chi connectivity index (χ2v) is 23.5. The van der Waals surface area contributed by atoms with E-state index in [-0.39, 0.29) is 130 Å². The van der Waals surface area contributed by atoms with Gasteiger partial charge in [0.05, 0.1) is 84.1 Å². The van der Waals surface area contributed by atoms with Crippen LogP contribution in [0, 0.1) is 0 Å². The summed E-state index contributed by atoms with van der Waals surface area (Å²) in [5.41, 5.74) is 1.40. The largest absolute Gasteiger partial charge is 1.00 e. The summed E-state index contributed by atoms with van der Waals surface area (Å²) >= 11 is 0. The molecule has 0 radical (unpaired) electrons. The summed E-state index contributed by atoms with van der Waals surface area (Å²) in [6.45, 7) is 11.8. The molecule has 0 spiro atoms. The number of fused-ring (bicyclic) bond motifs is 2. The molecule has 1 unspecified atom stereocenters. The number of nitrogens with zero attached hydrogens (tertiary/aromatic N) is 3. The minimum atomic E-state index is -4.96. The SMILES string of the molecule is COCCOCCOCCOCCOCC[N+](CCCS(=O)(=O)[O-])=c1ccc2c(C(C)(C)C)cc(/C=C/C=C3/N(CCCS(=O)(=O)[O-])c4ccc(S(=O)(=O)[O-])cc4C3(C)CCCC(=O)ON3C(=O)CCC3=O)oc-2c1.[Na+].[Na+]. The Morgan fingerprint density at radius 1 is 0.766 bits per heavy atom. The first-order chi connectivity index (χ1) is 35.3. The first-order valence-corrected chi connectivity index (χ1v) is 29.0. The van der Waals surface area contributed by atoms with E-state index in [1.165, 1.54) is 12.1 Å². The van der Waals surface area contributed by atoms with Gasteiger partial charge in [-0.15, -0.1) is 5.06 Å². The Morgan fingerprint density at radius 3 is 1.92 bits per heavy atom. The summed E-state index contributed by atoms with van der Waals surface area (Å²) in [4.78, 5) is 43.4. The van der Waals surface area contributed by atoms with Gasteiger partial charge < -0.3 is 51.5 Å². The van der Waals surface area contributed by atoms with Gasteiger partial charge in [-0.3, -0.25) is 9.59 Å². The molecule has 1 fully saturated rings. The fraction of sp³-hybridized carbons (Fsp3) is 0.560. The minimum absolute atomic E-state index is 0. The standard InChI is InChI=1S/C50H69N3O19S3.2Na/c1-49(2,3)41-35-38(71-44-34-37(13-15-40(41)44)51(20-8-32-73(57,58)59)22-23-67-26-27-69-30-31-70-29-28-68-25-24-66-5)10-6-11-45-50(4,19-7-12-48(56)72-53-46(54)17-18-47(53)55)42-36-39(75(63,64)65)14-16-43(42)52(45)21-9-33-74(60,61)62;;/h6,10-11,13-16,34-36H,7-9,12,17-33H2,1-5H3,(H2-,57,58,59,60,61,62,63,64,65);;/q;2*+1/p-2. The zero-order valence-electron chi connectivity index (χ0n) is 44.9. The third kappa shape index (κ3) is 21.5.